The highest BCUT2D eigenvalue weighted by Gasteiger charge is 2.23. The maximum atomic E-state index is 12.5. The molecular formula is C19H30ClN3O3S. The Morgan fingerprint density at radius 3 is 2.70 bits per heavy atom. The Morgan fingerprint density at radius 2 is 1.96 bits per heavy atom. The van der Waals surface area contributed by atoms with E-state index in [0.717, 1.165) is 44.3 Å². The van der Waals surface area contributed by atoms with Crippen LogP contribution in [0.5, 0.6) is 0 Å². The summed E-state index contributed by atoms with van der Waals surface area (Å²) in [5.41, 5.74) is 2.39. The van der Waals surface area contributed by atoms with Gasteiger partial charge in [0.1, 0.15) is 0 Å². The number of halogens is 1. The Bertz CT molecular complexity index is 755. The van der Waals surface area contributed by atoms with Crippen LogP contribution < -0.4 is 15.4 Å². The van der Waals surface area contributed by atoms with Gasteiger partial charge in [-0.25, -0.2) is 13.1 Å². The molecule has 0 bridgehead atoms. The second-order valence-corrected chi connectivity index (χ2v) is 9.20. The summed E-state index contributed by atoms with van der Waals surface area (Å²) in [4.78, 5) is 12.4. The molecule has 0 aromatic heterocycles. The van der Waals surface area contributed by atoms with Crippen LogP contribution in [0, 0.1) is 5.92 Å². The summed E-state index contributed by atoms with van der Waals surface area (Å²) in [5.74, 6) is 0.289. The zero-order valence-corrected chi connectivity index (χ0v) is 17.4. The van der Waals surface area contributed by atoms with Crippen molar-refractivity contribution in [3.8, 4) is 0 Å². The lowest BCUT2D eigenvalue weighted by Crippen LogP contribution is -2.48. The molecule has 0 saturated carbocycles. The Hall–Kier alpha value is -1.15. The van der Waals surface area contributed by atoms with Gasteiger partial charge in [0.25, 0.3) is 0 Å². The number of hydrogen-bond donors (Lipinski definition) is 3. The van der Waals surface area contributed by atoms with E-state index in [0.29, 0.717) is 10.8 Å². The predicted octanol–water partition coefficient (Wildman–Crippen LogP) is 1.77. The third-order valence-corrected chi connectivity index (χ3v) is 6.86. The zero-order chi connectivity index (χ0) is 18.6. The van der Waals surface area contributed by atoms with E-state index in [1.807, 2.05) is 6.07 Å². The van der Waals surface area contributed by atoms with Crippen LogP contribution in [0.3, 0.4) is 0 Å². The summed E-state index contributed by atoms with van der Waals surface area (Å²) in [6.07, 6.45) is 5.31. The molecule has 3 N–H and O–H groups in total. The lowest BCUT2D eigenvalue weighted by molar-refractivity contribution is -0.122. The molecule has 27 heavy (non-hydrogen) atoms. The van der Waals surface area contributed by atoms with E-state index in [9.17, 15) is 13.2 Å². The van der Waals surface area contributed by atoms with Gasteiger partial charge in [0.15, 0.2) is 0 Å². The average Bonchev–Trinajstić information content (AvgIpc) is 2.63. The maximum Gasteiger partial charge on any atom is 0.240 e. The first-order valence-corrected chi connectivity index (χ1v) is 11.1. The average molecular weight is 416 g/mol. The van der Waals surface area contributed by atoms with Crippen molar-refractivity contribution in [2.24, 2.45) is 5.92 Å². The van der Waals surface area contributed by atoms with E-state index >= 15 is 0 Å². The van der Waals surface area contributed by atoms with Crippen LogP contribution in [0.15, 0.2) is 23.1 Å². The second kappa shape index (κ2) is 9.87. The normalized spacial score (nSPS) is 22.4. The van der Waals surface area contributed by atoms with Gasteiger partial charge in [0.05, 0.1) is 4.90 Å². The molecule has 1 fully saturated rings. The fourth-order valence-corrected chi connectivity index (χ4v) is 4.85. The molecule has 8 heteroatoms. The molecule has 0 radical (unpaired) electrons. The fourth-order valence-electron chi connectivity index (χ4n) is 3.77. The number of aryl methyl sites for hydroxylation is 2. The van der Waals surface area contributed by atoms with Gasteiger partial charge in [-0.1, -0.05) is 13.0 Å². The highest BCUT2D eigenvalue weighted by Crippen LogP contribution is 2.24. The summed E-state index contributed by atoms with van der Waals surface area (Å²) in [6, 6.07) is 5.55. The number of rotatable bonds is 6. The highest BCUT2D eigenvalue weighted by atomic mass is 35.5. The van der Waals surface area contributed by atoms with Crippen molar-refractivity contribution in [3.05, 3.63) is 29.3 Å². The van der Waals surface area contributed by atoms with Crippen molar-refractivity contribution in [2.75, 3.05) is 19.6 Å². The zero-order valence-electron chi connectivity index (χ0n) is 15.8. The quantitative estimate of drug-likeness (QED) is 0.660. The van der Waals surface area contributed by atoms with E-state index < -0.39 is 10.0 Å². The minimum absolute atomic E-state index is 0. The van der Waals surface area contributed by atoms with Gasteiger partial charge in [-0.05, 0) is 74.4 Å². The Balaban J connectivity index is 0.00000261. The molecule has 2 atom stereocenters. The van der Waals surface area contributed by atoms with Crippen molar-refractivity contribution >= 4 is 28.3 Å². The van der Waals surface area contributed by atoms with Crippen molar-refractivity contribution in [2.45, 2.75) is 56.4 Å². The largest absolute Gasteiger partial charge is 0.353 e. The molecule has 1 saturated heterocycles. The summed E-state index contributed by atoms with van der Waals surface area (Å²) < 4.78 is 27.5. The first-order valence-electron chi connectivity index (χ1n) is 9.57. The molecule has 3 rings (SSSR count). The van der Waals surface area contributed by atoms with Gasteiger partial charge in [-0.15, -0.1) is 12.4 Å². The van der Waals surface area contributed by atoms with Crippen LogP contribution in [0.1, 0.15) is 43.7 Å². The number of piperidine rings is 1. The molecule has 0 spiro atoms. The van der Waals surface area contributed by atoms with E-state index in [1.165, 1.54) is 12.0 Å². The Labute approximate surface area is 168 Å². The van der Waals surface area contributed by atoms with Gasteiger partial charge >= 0.3 is 0 Å². The standard InChI is InChI=1S/C19H29N3O3S.ClH/c1-14-13-20-10-8-18(14)22-19(23)9-11-21-26(24,25)17-7-6-15-4-2-3-5-16(15)12-17;/h6-7,12,14,18,20-21H,2-5,8-11,13H2,1H3,(H,22,23);1H. The Morgan fingerprint density at radius 1 is 1.22 bits per heavy atom. The van der Waals surface area contributed by atoms with Gasteiger partial charge in [0.2, 0.25) is 15.9 Å². The Kier molecular flexibility index (Phi) is 8.09. The lowest BCUT2D eigenvalue weighted by Gasteiger charge is -2.30. The van der Waals surface area contributed by atoms with Crippen molar-refractivity contribution < 1.29 is 13.2 Å². The molecule has 1 aromatic carbocycles. The maximum absolute atomic E-state index is 12.5. The predicted molar refractivity (Wildman–Crippen MR) is 109 cm³/mol. The third kappa shape index (κ3) is 5.91. The minimum Gasteiger partial charge on any atom is -0.353 e. The monoisotopic (exact) mass is 415 g/mol. The van der Waals surface area contributed by atoms with Crippen molar-refractivity contribution in [1.82, 2.24) is 15.4 Å². The van der Waals surface area contributed by atoms with E-state index in [-0.39, 0.29) is 37.3 Å². The summed E-state index contributed by atoms with van der Waals surface area (Å²) in [5, 5.41) is 6.32. The molecule has 152 valence electrons. The molecule has 1 amide bonds. The number of amides is 1. The lowest BCUT2D eigenvalue weighted by atomic mass is 9.92. The summed E-state index contributed by atoms with van der Waals surface area (Å²) in [6.45, 7) is 4.02. The molecule has 1 aromatic rings. The first kappa shape index (κ1) is 22.1. The minimum atomic E-state index is -3.57. The van der Waals surface area contributed by atoms with Gasteiger partial charge < -0.3 is 10.6 Å². The van der Waals surface area contributed by atoms with Crippen LogP contribution in [-0.2, 0) is 27.7 Å². The van der Waals surface area contributed by atoms with E-state index in [1.54, 1.807) is 12.1 Å². The van der Waals surface area contributed by atoms with Crippen LogP contribution in [0.4, 0.5) is 0 Å². The highest BCUT2D eigenvalue weighted by molar-refractivity contribution is 7.89. The first-order chi connectivity index (χ1) is 12.5. The van der Waals surface area contributed by atoms with Crippen LogP contribution >= 0.6 is 12.4 Å². The molecule has 1 aliphatic heterocycles. The van der Waals surface area contributed by atoms with E-state index in [4.69, 9.17) is 0 Å². The number of benzene rings is 1. The molecule has 6 nitrogen and oxygen atoms in total. The number of carbonyl (C=O) groups is 1. The molecule has 2 aliphatic rings. The number of carbonyl (C=O) groups excluding carboxylic acids is 1. The number of nitrogens with one attached hydrogen (secondary N) is 3. The number of fused-ring (bicyclic) bond motifs is 1. The molecular weight excluding hydrogens is 386 g/mol. The van der Waals surface area contributed by atoms with Crippen molar-refractivity contribution in [3.63, 3.8) is 0 Å². The number of sulfonamides is 1. The van der Waals surface area contributed by atoms with Crippen LogP contribution in [0.25, 0.3) is 0 Å². The van der Waals surface area contributed by atoms with Gasteiger partial charge in [-0.2, -0.15) is 0 Å². The second-order valence-electron chi connectivity index (χ2n) is 7.43. The van der Waals surface area contributed by atoms with Crippen molar-refractivity contribution in [1.29, 1.82) is 0 Å². The van der Waals surface area contributed by atoms with Crippen LogP contribution in [0.2, 0.25) is 0 Å². The summed E-state index contributed by atoms with van der Waals surface area (Å²) in [7, 11) is -3.57. The topological polar surface area (TPSA) is 87.3 Å². The fraction of sp³-hybridized carbons (Fsp3) is 0.632. The SMILES string of the molecule is CC1CNCCC1NC(=O)CCNS(=O)(=O)c1ccc2c(c1)CCCC2.Cl. The van der Waals surface area contributed by atoms with E-state index in [2.05, 4.69) is 22.3 Å². The summed E-state index contributed by atoms with van der Waals surface area (Å²) >= 11 is 0. The molecule has 1 heterocycles. The third-order valence-electron chi connectivity index (χ3n) is 5.41. The molecule has 1 aliphatic carbocycles. The number of hydrogen-bond acceptors (Lipinski definition) is 4. The van der Waals surface area contributed by atoms with Gasteiger partial charge in [0, 0.05) is 19.0 Å². The molecule has 2 unspecified atom stereocenters. The van der Waals surface area contributed by atoms with Crippen LogP contribution in [-0.4, -0.2) is 40.0 Å². The van der Waals surface area contributed by atoms with Gasteiger partial charge in [-0.3, -0.25) is 4.79 Å². The smallest absolute Gasteiger partial charge is 0.240 e.